The maximum Gasteiger partial charge on any atom is 0.404 e. The zero-order valence-corrected chi connectivity index (χ0v) is 15.0. The third-order valence-corrected chi connectivity index (χ3v) is 5.10. The summed E-state index contributed by atoms with van der Waals surface area (Å²) in [5, 5.41) is 23.4. The molecule has 1 saturated heterocycles. The average Bonchev–Trinajstić information content (AvgIpc) is 2.56. The molecule has 0 aliphatic carbocycles. The number of halogens is 2. The minimum absolute atomic E-state index is 0.419. The van der Waals surface area contributed by atoms with Gasteiger partial charge >= 0.3 is 6.09 Å². The molecule has 2 heterocycles. The van der Waals surface area contributed by atoms with E-state index in [1.807, 2.05) is 12.1 Å². The molecule has 1 fully saturated rings. The van der Waals surface area contributed by atoms with Gasteiger partial charge in [-0.25, -0.2) is 4.79 Å². The van der Waals surface area contributed by atoms with Crippen molar-refractivity contribution in [2.75, 3.05) is 19.6 Å². The molecule has 2 atom stereocenters. The van der Waals surface area contributed by atoms with E-state index in [4.69, 9.17) is 28.3 Å². The predicted molar refractivity (Wildman–Crippen MR) is 97.5 cm³/mol. The molecule has 0 spiro atoms. The third-order valence-electron chi connectivity index (χ3n) is 4.54. The van der Waals surface area contributed by atoms with Gasteiger partial charge in [-0.05, 0) is 36.6 Å². The van der Waals surface area contributed by atoms with Crippen LogP contribution >= 0.6 is 23.2 Å². The Bertz CT molecular complexity index is 782. The summed E-state index contributed by atoms with van der Waals surface area (Å²) in [5.74, 6) is 0. The molecular weight excluding hydrogens is 365 g/mol. The Balaban J connectivity index is 1.68. The van der Waals surface area contributed by atoms with E-state index in [-0.39, 0.29) is 0 Å². The lowest BCUT2D eigenvalue weighted by molar-refractivity contribution is 0.0413. The van der Waals surface area contributed by atoms with E-state index in [2.05, 4.69) is 15.2 Å². The van der Waals surface area contributed by atoms with Gasteiger partial charge in [-0.3, -0.25) is 4.98 Å². The van der Waals surface area contributed by atoms with Crippen LogP contribution in [0, 0.1) is 0 Å². The Morgan fingerprint density at radius 3 is 2.92 bits per heavy atom. The first-order valence-corrected chi connectivity index (χ1v) is 8.82. The molecular formula is C17H19Cl2N3O3. The Hall–Kier alpha value is -1.60. The van der Waals surface area contributed by atoms with Crippen LogP contribution in [0.2, 0.25) is 10.0 Å². The quantitative estimate of drug-likeness (QED) is 0.755. The Morgan fingerprint density at radius 2 is 2.20 bits per heavy atom. The lowest BCUT2D eigenvalue weighted by atomic mass is 10.0. The number of amides is 1. The van der Waals surface area contributed by atoms with E-state index in [0.29, 0.717) is 42.5 Å². The van der Waals surface area contributed by atoms with E-state index in [0.717, 1.165) is 16.5 Å². The minimum atomic E-state index is -1.11. The monoisotopic (exact) mass is 383 g/mol. The minimum Gasteiger partial charge on any atom is -0.465 e. The molecule has 3 rings (SSSR count). The number of aliphatic hydroxyl groups is 1. The second-order valence-corrected chi connectivity index (χ2v) is 7.05. The van der Waals surface area contributed by atoms with Gasteiger partial charge in [0, 0.05) is 36.2 Å². The molecule has 6 nitrogen and oxygen atoms in total. The van der Waals surface area contributed by atoms with Crippen molar-refractivity contribution < 1.29 is 15.0 Å². The topological polar surface area (TPSA) is 85.7 Å². The number of carboxylic acid groups (broad SMARTS) is 1. The Kier molecular flexibility index (Phi) is 5.64. The molecule has 1 aliphatic heterocycles. The van der Waals surface area contributed by atoms with E-state index in [1.54, 1.807) is 12.3 Å². The summed E-state index contributed by atoms with van der Waals surface area (Å²) in [6.45, 7) is 1.85. The van der Waals surface area contributed by atoms with Crippen molar-refractivity contribution in [2.45, 2.75) is 25.0 Å². The molecule has 0 unspecified atom stereocenters. The summed E-state index contributed by atoms with van der Waals surface area (Å²) >= 11 is 12.4. The molecule has 1 aliphatic rings. The summed E-state index contributed by atoms with van der Waals surface area (Å²) in [6, 6.07) is 5.11. The van der Waals surface area contributed by atoms with Crippen LogP contribution in [0.4, 0.5) is 4.79 Å². The van der Waals surface area contributed by atoms with Gasteiger partial charge in [-0.1, -0.05) is 23.2 Å². The average molecular weight is 384 g/mol. The van der Waals surface area contributed by atoms with Gasteiger partial charge in [0.2, 0.25) is 0 Å². The van der Waals surface area contributed by atoms with Crippen LogP contribution in [-0.4, -0.2) is 58.0 Å². The molecule has 0 bridgehead atoms. The number of hydrogen-bond donors (Lipinski definition) is 3. The highest BCUT2D eigenvalue weighted by molar-refractivity contribution is 6.33. The summed E-state index contributed by atoms with van der Waals surface area (Å²) in [7, 11) is 0. The largest absolute Gasteiger partial charge is 0.465 e. The first-order valence-electron chi connectivity index (χ1n) is 8.06. The first kappa shape index (κ1) is 18.2. The third kappa shape index (κ3) is 4.33. The van der Waals surface area contributed by atoms with Crippen molar-refractivity contribution in [1.29, 1.82) is 0 Å². The highest BCUT2D eigenvalue weighted by atomic mass is 35.5. The molecule has 25 heavy (non-hydrogen) atoms. The van der Waals surface area contributed by atoms with Crippen molar-refractivity contribution in [1.82, 2.24) is 15.2 Å². The van der Waals surface area contributed by atoms with Gasteiger partial charge in [-0.2, -0.15) is 0 Å². The van der Waals surface area contributed by atoms with Crippen LogP contribution in [-0.2, 0) is 6.42 Å². The fourth-order valence-electron chi connectivity index (χ4n) is 3.25. The normalized spacial score (nSPS) is 21.4. The van der Waals surface area contributed by atoms with Gasteiger partial charge in [0.15, 0.2) is 0 Å². The van der Waals surface area contributed by atoms with E-state index in [1.165, 1.54) is 0 Å². The number of carbonyl (C=O) groups is 1. The number of rotatable bonds is 4. The molecule has 3 N–H and O–H groups in total. The lowest BCUT2D eigenvalue weighted by Crippen LogP contribution is -2.54. The smallest absolute Gasteiger partial charge is 0.404 e. The van der Waals surface area contributed by atoms with Gasteiger partial charge in [-0.15, -0.1) is 0 Å². The summed E-state index contributed by atoms with van der Waals surface area (Å²) in [6.07, 6.45) is 1.09. The van der Waals surface area contributed by atoms with Crippen LogP contribution < -0.4 is 5.32 Å². The summed E-state index contributed by atoms with van der Waals surface area (Å²) in [4.78, 5) is 17.2. The van der Waals surface area contributed by atoms with E-state index < -0.39 is 18.2 Å². The molecule has 1 aromatic heterocycles. The Labute approximate surface area is 155 Å². The van der Waals surface area contributed by atoms with Crippen LogP contribution in [0.25, 0.3) is 10.9 Å². The van der Waals surface area contributed by atoms with Gasteiger partial charge in [0.25, 0.3) is 0 Å². The Morgan fingerprint density at radius 1 is 1.40 bits per heavy atom. The first-order chi connectivity index (χ1) is 11.9. The highest BCUT2D eigenvalue weighted by Gasteiger charge is 2.28. The number of aromatic nitrogens is 1. The molecule has 0 saturated carbocycles. The van der Waals surface area contributed by atoms with Crippen LogP contribution in [0.1, 0.15) is 12.0 Å². The molecule has 1 amide bonds. The van der Waals surface area contributed by atoms with Gasteiger partial charge < -0.3 is 20.4 Å². The highest BCUT2D eigenvalue weighted by Crippen LogP contribution is 2.27. The zero-order valence-electron chi connectivity index (χ0n) is 13.5. The fraction of sp³-hybridized carbons (Fsp3) is 0.412. The number of likely N-dealkylation sites (tertiary alicyclic amines) is 1. The SMILES string of the molecule is O=C(O)N[C@@H]1CCN(CCc2c(Cl)cnc3ccc(Cl)cc23)C[C@H]1O. The standard InChI is InChI=1S/C17H19Cl2N3O3/c18-10-1-2-14-12(7-10)11(13(19)8-20-14)3-5-22-6-4-15(16(23)9-22)21-17(24)25/h1-2,7-8,15-16,21,23H,3-6,9H2,(H,24,25)/t15-,16-/m1/s1. The predicted octanol–water partition coefficient (Wildman–Crippen LogP) is 2.79. The van der Waals surface area contributed by atoms with Crippen molar-refractivity contribution in [3.05, 3.63) is 40.0 Å². The second-order valence-electron chi connectivity index (χ2n) is 6.21. The number of nitrogens with zero attached hydrogens (tertiary/aromatic N) is 2. The number of pyridine rings is 1. The number of aliphatic hydroxyl groups excluding tert-OH is 1. The lowest BCUT2D eigenvalue weighted by Gasteiger charge is -2.35. The maximum atomic E-state index is 10.7. The molecule has 1 aromatic carbocycles. The fourth-order valence-corrected chi connectivity index (χ4v) is 3.66. The van der Waals surface area contributed by atoms with Crippen LogP contribution in [0.3, 0.4) is 0 Å². The molecule has 134 valence electrons. The maximum absolute atomic E-state index is 10.7. The second kappa shape index (κ2) is 7.74. The number of β-amino-alcohol motifs (C(OH)–C–C–N with tert-alkyl or cyclic N) is 1. The molecule has 2 aromatic rings. The van der Waals surface area contributed by atoms with Gasteiger partial charge in [0.1, 0.15) is 0 Å². The number of piperidine rings is 1. The number of hydrogen-bond acceptors (Lipinski definition) is 4. The van der Waals surface area contributed by atoms with Crippen molar-refractivity contribution in [2.24, 2.45) is 0 Å². The van der Waals surface area contributed by atoms with Crippen molar-refractivity contribution >= 4 is 40.2 Å². The van der Waals surface area contributed by atoms with Crippen LogP contribution in [0.15, 0.2) is 24.4 Å². The number of nitrogens with one attached hydrogen (secondary N) is 1. The van der Waals surface area contributed by atoms with Crippen LogP contribution in [0.5, 0.6) is 0 Å². The van der Waals surface area contributed by atoms with E-state index >= 15 is 0 Å². The number of fused-ring (bicyclic) bond motifs is 1. The van der Waals surface area contributed by atoms with E-state index in [9.17, 15) is 9.90 Å². The summed E-state index contributed by atoms with van der Waals surface area (Å²) in [5.41, 5.74) is 1.82. The number of benzene rings is 1. The summed E-state index contributed by atoms with van der Waals surface area (Å²) < 4.78 is 0. The van der Waals surface area contributed by atoms with Crippen molar-refractivity contribution in [3.8, 4) is 0 Å². The van der Waals surface area contributed by atoms with Gasteiger partial charge in [0.05, 0.1) is 22.7 Å². The molecule has 8 heteroatoms. The van der Waals surface area contributed by atoms with Crippen molar-refractivity contribution in [3.63, 3.8) is 0 Å². The molecule has 0 radical (unpaired) electrons. The zero-order chi connectivity index (χ0) is 18.0.